The Morgan fingerprint density at radius 1 is 1.56 bits per heavy atom. The molecule has 0 radical (unpaired) electrons. The van der Waals surface area contributed by atoms with Crippen molar-refractivity contribution in [3.8, 4) is 0 Å². The van der Waals surface area contributed by atoms with Gasteiger partial charge in [0.1, 0.15) is 0 Å². The van der Waals surface area contributed by atoms with Crippen molar-refractivity contribution in [2.24, 2.45) is 0 Å². The van der Waals surface area contributed by atoms with Gasteiger partial charge in [-0.3, -0.25) is 0 Å². The van der Waals surface area contributed by atoms with Gasteiger partial charge in [0.15, 0.2) is 0 Å². The molecule has 1 aliphatic heterocycles. The van der Waals surface area contributed by atoms with Gasteiger partial charge in [0.05, 0.1) is 9.52 Å². The van der Waals surface area contributed by atoms with Crippen molar-refractivity contribution in [1.82, 2.24) is 0 Å². The molecular formula is C6H16CaOSi. The standard InChI is InChI=1S/C6H14OSi.Ca.2H/c1-8-6-4-2-3-5-7-6;;;/h6H,2-5,8H2,1H3;;;/q;+2;2*-1. The fourth-order valence-corrected chi connectivity index (χ4v) is 2.23. The number of ether oxygens (including phenoxy) is 1. The third-order valence-electron chi connectivity index (χ3n) is 1.73. The SMILES string of the molecule is C[SiH2]C1CCCCO1.[Ca+2].[H-].[H-]. The second kappa shape index (κ2) is 6.17. The van der Waals surface area contributed by atoms with Gasteiger partial charge < -0.3 is 7.59 Å². The summed E-state index contributed by atoms with van der Waals surface area (Å²) < 4.78 is 5.49. The van der Waals surface area contributed by atoms with Gasteiger partial charge in [0.25, 0.3) is 0 Å². The van der Waals surface area contributed by atoms with Gasteiger partial charge in [-0.2, -0.15) is 0 Å². The van der Waals surface area contributed by atoms with Crippen LogP contribution < -0.4 is 0 Å². The Morgan fingerprint density at radius 2 is 2.33 bits per heavy atom. The largest absolute Gasteiger partial charge is 2.00 e. The third kappa shape index (κ3) is 3.99. The summed E-state index contributed by atoms with van der Waals surface area (Å²) in [6.45, 7) is 3.36. The maximum absolute atomic E-state index is 5.49. The third-order valence-corrected chi connectivity index (χ3v) is 3.28. The molecule has 0 bridgehead atoms. The maximum Gasteiger partial charge on any atom is 2.00 e. The molecule has 0 amide bonds. The van der Waals surface area contributed by atoms with Crippen LogP contribution in [0.2, 0.25) is 6.55 Å². The molecule has 0 aromatic carbocycles. The number of hydrogen-bond donors (Lipinski definition) is 0. The molecule has 0 N–H and O–H groups in total. The average molecular weight is 172 g/mol. The summed E-state index contributed by atoms with van der Waals surface area (Å²) in [7, 11) is 0.146. The summed E-state index contributed by atoms with van der Waals surface area (Å²) in [5.41, 5.74) is 0.726. The molecule has 1 rings (SSSR count). The average Bonchev–Trinajstić information content (AvgIpc) is 1.90. The van der Waals surface area contributed by atoms with Crippen LogP contribution >= 0.6 is 0 Å². The maximum atomic E-state index is 5.49. The van der Waals surface area contributed by atoms with Gasteiger partial charge in [0.2, 0.25) is 0 Å². The molecule has 0 spiro atoms. The van der Waals surface area contributed by atoms with Gasteiger partial charge in [-0.15, -0.1) is 0 Å². The van der Waals surface area contributed by atoms with Gasteiger partial charge in [-0.25, -0.2) is 0 Å². The van der Waals surface area contributed by atoms with Gasteiger partial charge in [0, 0.05) is 12.3 Å². The molecule has 0 aromatic rings. The molecule has 3 heteroatoms. The zero-order valence-electron chi connectivity index (χ0n) is 8.23. The molecular weight excluding hydrogens is 156 g/mol. The van der Waals surface area contributed by atoms with Crippen LogP contribution in [0.1, 0.15) is 22.1 Å². The minimum Gasteiger partial charge on any atom is -1.00 e. The van der Waals surface area contributed by atoms with Crippen molar-refractivity contribution in [2.75, 3.05) is 6.61 Å². The fraction of sp³-hybridized carbons (Fsp3) is 1.00. The van der Waals surface area contributed by atoms with E-state index >= 15 is 0 Å². The second-order valence-corrected chi connectivity index (χ2v) is 4.12. The summed E-state index contributed by atoms with van der Waals surface area (Å²) in [4.78, 5) is 0. The van der Waals surface area contributed by atoms with Crippen molar-refractivity contribution in [3.63, 3.8) is 0 Å². The van der Waals surface area contributed by atoms with Crippen molar-refractivity contribution < 1.29 is 7.59 Å². The Bertz CT molecular complexity index is 71.6. The van der Waals surface area contributed by atoms with Crippen LogP contribution in [0, 0.1) is 0 Å². The monoisotopic (exact) mass is 172 g/mol. The molecule has 1 heterocycles. The summed E-state index contributed by atoms with van der Waals surface area (Å²) in [6.07, 6.45) is 4.05. The molecule has 0 aliphatic carbocycles. The van der Waals surface area contributed by atoms with E-state index in [2.05, 4.69) is 6.55 Å². The van der Waals surface area contributed by atoms with Crippen LogP contribution in [0.4, 0.5) is 0 Å². The van der Waals surface area contributed by atoms with Crippen LogP contribution in [-0.2, 0) is 4.74 Å². The quantitative estimate of drug-likeness (QED) is 0.526. The van der Waals surface area contributed by atoms with E-state index in [4.69, 9.17) is 4.74 Å². The Kier molecular flexibility index (Phi) is 7.15. The Morgan fingerprint density at radius 3 is 2.67 bits per heavy atom. The first-order valence-electron chi connectivity index (χ1n) is 3.55. The Balaban J connectivity index is -0.000000213. The van der Waals surface area contributed by atoms with E-state index in [1.165, 1.54) is 19.3 Å². The Hall–Kier alpha value is 1.44. The first-order chi connectivity index (χ1) is 3.93. The van der Waals surface area contributed by atoms with Crippen molar-refractivity contribution in [1.29, 1.82) is 0 Å². The smallest absolute Gasteiger partial charge is 1.00 e. The van der Waals surface area contributed by atoms with Crippen LogP contribution in [0.5, 0.6) is 0 Å². The molecule has 1 nitrogen and oxygen atoms in total. The van der Waals surface area contributed by atoms with Gasteiger partial charge in [-0.05, 0) is 19.3 Å². The summed E-state index contributed by atoms with van der Waals surface area (Å²) in [5, 5.41) is 0. The van der Waals surface area contributed by atoms with E-state index in [0.29, 0.717) is 0 Å². The van der Waals surface area contributed by atoms with Crippen molar-refractivity contribution in [3.05, 3.63) is 0 Å². The molecule has 0 aromatic heterocycles. The van der Waals surface area contributed by atoms with Crippen LogP contribution in [0.25, 0.3) is 0 Å². The number of hydrogen-bond acceptors (Lipinski definition) is 1. The molecule has 1 fully saturated rings. The first kappa shape index (κ1) is 10.4. The molecule has 1 aliphatic rings. The molecule has 1 saturated heterocycles. The summed E-state index contributed by atoms with van der Waals surface area (Å²) in [5.74, 6) is 0. The predicted molar refractivity (Wildman–Crippen MR) is 46.0 cm³/mol. The van der Waals surface area contributed by atoms with E-state index in [-0.39, 0.29) is 50.1 Å². The molecule has 1 atom stereocenters. The predicted octanol–water partition coefficient (Wildman–Crippen LogP) is 0.574. The van der Waals surface area contributed by atoms with E-state index in [1.807, 2.05) is 0 Å². The topological polar surface area (TPSA) is 9.23 Å². The molecule has 1 unspecified atom stereocenters. The first-order valence-corrected chi connectivity index (χ1v) is 5.78. The Labute approximate surface area is 92.3 Å². The normalized spacial score (nSPS) is 28.3. The van der Waals surface area contributed by atoms with E-state index < -0.39 is 0 Å². The van der Waals surface area contributed by atoms with E-state index in [9.17, 15) is 0 Å². The van der Waals surface area contributed by atoms with Crippen LogP contribution in [0.3, 0.4) is 0 Å². The molecule has 9 heavy (non-hydrogen) atoms. The van der Waals surface area contributed by atoms with E-state index in [0.717, 1.165) is 12.3 Å². The number of rotatable bonds is 1. The molecule has 52 valence electrons. The second-order valence-electron chi connectivity index (χ2n) is 2.40. The minimum absolute atomic E-state index is 0. The summed E-state index contributed by atoms with van der Waals surface area (Å²) in [6, 6.07) is 0. The zero-order chi connectivity index (χ0) is 5.82. The van der Waals surface area contributed by atoms with Crippen LogP contribution in [0.15, 0.2) is 0 Å². The zero-order valence-corrected chi connectivity index (χ0v) is 9.85. The minimum atomic E-state index is 0. The van der Waals surface area contributed by atoms with Gasteiger partial charge in [-0.1, -0.05) is 6.55 Å². The van der Waals surface area contributed by atoms with Gasteiger partial charge >= 0.3 is 37.7 Å². The van der Waals surface area contributed by atoms with E-state index in [1.54, 1.807) is 0 Å². The van der Waals surface area contributed by atoms with Crippen molar-refractivity contribution in [2.45, 2.75) is 31.5 Å². The molecule has 0 saturated carbocycles. The summed E-state index contributed by atoms with van der Waals surface area (Å²) >= 11 is 0. The van der Waals surface area contributed by atoms with Crippen molar-refractivity contribution >= 4 is 47.3 Å². The van der Waals surface area contributed by atoms with Crippen LogP contribution in [-0.4, -0.2) is 59.6 Å². The fourth-order valence-electron chi connectivity index (χ4n) is 1.13.